The summed E-state index contributed by atoms with van der Waals surface area (Å²) in [4.78, 5) is 50.7. The van der Waals surface area contributed by atoms with E-state index >= 15 is 8.78 Å². The Hall–Kier alpha value is -6.29. The van der Waals surface area contributed by atoms with Crippen LogP contribution in [-0.4, -0.2) is 118 Å². The van der Waals surface area contributed by atoms with E-state index in [2.05, 4.69) is 49.8 Å². The van der Waals surface area contributed by atoms with Crippen molar-refractivity contribution in [2.45, 2.75) is 122 Å². The average Bonchev–Trinajstić information content (AvgIpc) is 4.21. The molecule has 15 heteroatoms. The average molecular weight is 1050 g/mol. The number of aliphatic hydroxyl groups excluding tert-OH is 1. The number of rotatable bonds is 17. The standard InChI is InChI=1S/C62H72F2N8O5/c1-4-9-51(58(75)65-6-3)72-50-16-14-44(45-11-7-12-46(53(45)50)59(72)76)39-17-25-70(26-18-39)41-32-61(33-41)22-27-69(28-23-61)36-62(20-21-62)37-77-60-67-56-48(57(68-60)71-24-8-10-38(35-71)19-29-73)34-66-55(54(56)64)47-31-42(74)30-40-13-15-49(63)43(5-2)52(40)47/h6-7,11-16,30-31,34,38-39,41,51,73-74H,3-5,8-10,17-29,32-33,35-37H2,1-2H3,(H,65,75). The van der Waals surface area contributed by atoms with Crippen LogP contribution in [0.2, 0.25) is 0 Å². The molecular weight excluding hydrogens is 975 g/mol. The van der Waals surface area contributed by atoms with Crippen LogP contribution in [0.5, 0.6) is 11.8 Å². The van der Waals surface area contributed by atoms with E-state index in [1.165, 1.54) is 49.6 Å². The van der Waals surface area contributed by atoms with Crippen molar-refractivity contribution in [2.75, 3.05) is 68.8 Å². The number of nitrogens with zero attached hydrogens (tertiary/aromatic N) is 7. The van der Waals surface area contributed by atoms with Gasteiger partial charge in [0.15, 0.2) is 5.82 Å². The van der Waals surface area contributed by atoms with E-state index in [9.17, 15) is 19.8 Å². The lowest BCUT2D eigenvalue weighted by Gasteiger charge is -2.56. The molecule has 2 atom stereocenters. The highest BCUT2D eigenvalue weighted by atomic mass is 19.1. The maximum atomic E-state index is 17.3. The first-order chi connectivity index (χ1) is 37.4. The van der Waals surface area contributed by atoms with Crippen molar-refractivity contribution in [3.63, 3.8) is 0 Å². The Morgan fingerprint density at radius 3 is 2.49 bits per heavy atom. The third-order valence-electron chi connectivity index (χ3n) is 18.7. The number of aliphatic hydroxyl groups is 1. The number of benzene rings is 4. The molecule has 1 spiro atoms. The summed E-state index contributed by atoms with van der Waals surface area (Å²) in [5.74, 6) is -0.242. The van der Waals surface area contributed by atoms with E-state index < -0.39 is 17.7 Å². The molecule has 2 aliphatic carbocycles. The van der Waals surface area contributed by atoms with Crippen LogP contribution in [0, 0.1) is 28.4 Å². The van der Waals surface area contributed by atoms with Crippen LogP contribution in [0.1, 0.15) is 125 Å². The Kier molecular flexibility index (Phi) is 13.9. The molecule has 2 aromatic heterocycles. The van der Waals surface area contributed by atoms with Gasteiger partial charge in [-0.2, -0.15) is 9.97 Å². The summed E-state index contributed by atoms with van der Waals surface area (Å²) in [6, 6.07) is 16.5. The van der Waals surface area contributed by atoms with Gasteiger partial charge < -0.3 is 35.0 Å². The molecule has 0 bridgehead atoms. The van der Waals surface area contributed by atoms with Crippen LogP contribution in [-0.2, 0) is 11.2 Å². The Morgan fingerprint density at radius 2 is 1.75 bits per heavy atom. The van der Waals surface area contributed by atoms with E-state index in [1.54, 1.807) is 23.2 Å². The minimum Gasteiger partial charge on any atom is -0.508 e. The number of carbonyl (C=O) groups is 2. The molecule has 0 radical (unpaired) electrons. The second kappa shape index (κ2) is 20.8. The molecule has 3 N–H and O–H groups in total. The van der Waals surface area contributed by atoms with Gasteiger partial charge in [-0.3, -0.25) is 19.5 Å². The van der Waals surface area contributed by atoms with Gasteiger partial charge in [0.1, 0.15) is 34.6 Å². The summed E-state index contributed by atoms with van der Waals surface area (Å²) >= 11 is 0. The van der Waals surface area contributed by atoms with Crippen molar-refractivity contribution < 1.29 is 33.3 Å². The first-order valence-corrected chi connectivity index (χ1v) is 28.5. The topological polar surface area (TPSA) is 147 Å². The molecule has 6 aliphatic rings. The number of likely N-dealkylation sites (tertiary alicyclic amines) is 2. The number of nitrogens with one attached hydrogen (secondary N) is 1. The first kappa shape index (κ1) is 51.5. The summed E-state index contributed by atoms with van der Waals surface area (Å²) in [7, 11) is 0. The number of carbonyl (C=O) groups excluding carboxylic acids is 2. The molecule has 4 aliphatic heterocycles. The lowest BCUT2D eigenvalue weighted by atomic mass is 9.59. The summed E-state index contributed by atoms with van der Waals surface area (Å²) in [6.07, 6.45) is 16.4. The number of ether oxygens (including phenoxy) is 1. The second-order valence-electron chi connectivity index (χ2n) is 23.5. The number of phenolic OH excluding ortho intramolecular Hbond substituents is 1. The molecule has 4 aromatic carbocycles. The van der Waals surface area contributed by atoms with Crippen molar-refractivity contribution in [1.29, 1.82) is 0 Å². The van der Waals surface area contributed by atoms with Crippen molar-refractivity contribution in [1.82, 2.24) is 30.1 Å². The molecular formula is C62H72F2N8O5. The molecule has 2 amide bonds. The molecule has 12 rings (SSSR count). The van der Waals surface area contributed by atoms with Crippen LogP contribution in [0.3, 0.4) is 0 Å². The van der Waals surface area contributed by atoms with Gasteiger partial charge in [-0.05, 0) is 191 Å². The molecule has 404 valence electrons. The predicted molar refractivity (Wildman–Crippen MR) is 298 cm³/mol. The Morgan fingerprint density at radius 1 is 0.948 bits per heavy atom. The van der Waals surface area contributed by atoms with E-state index in [1.807, 2.05) is 26.0 Å². The molecule has 13 nitrogen and oxygen atoms in total. The fourth-order valence-corrected chi connectivity index (χ4v) is 14.3. The predicted octanol–water partition coefficient (Wildman–Crippen LogP) is 10.8. The highest BCUT2D eigenvalue weighted by Crippen LogP contribution is 2.54. The fraction of sp³-hybridized carbons (Fsp3) is 0.500. The molecule has 2 saturated carbocycles. The molecule has 3 saturated heterocycles. The van der Waals surface area contributed by atoms with Gasteiger partial charge in [-0.25, -0.2) is 8.78 Å². The van der Waals surface area contributed by atoms with Gasteiger partial charge in [-0.1, -0.05) is 51.1 Å². The number of pyridine rings is 1. The van der Waals surface area contributed by atoms with Gasteiger partial charge >= 0.3 is 6.01 Å². The highest BCUT2D eigenvalue weighted by molar-refractivity contribution is 6.27. The summed E-state index contributed by atoms with van der Waals surface area (Å²) in [5, 5.41) is 27.0. The Bertz CT molecular complexity index is 3270. The van der Waals surface area contributed by atoms with Crippen LogP contribution in [0.4, 0.5) is 20.3 Å². The number of phenols is 1. The van der Waals surface area contributed by atoms with E-state index in [4.69, 9.17) is 14.7 Å². The van der Waals surface area contributed by atoms with Gasteiger partial charge in [0.05, 0.1) is 17.7 Å². The number of aromatic nitrogens is 3. The van der Waals surface area contributed by atoms with E-state index in [0.717, 1.165) is 94.1 Å². The van der Waals surface area contributed by atoms with Crippen LogP contribution in [0.25, 0.3) is 43.7 Å². The molecule has 5 fully saturated rings. The van der Waals surface area contributed by atoms with E-state index in [-0.39, 0.29) is 52.7 Å². The third kappa shape index (κ3) is 9.47. The van der Waals surface area contributed by atoms with Crippen LogP contribution >= 0.6 is 0 Å². The van der Waals surface area contributed by atoms with Gasteiger partial charge in [0, 0.05) is 60.4 Å². The maximum Gasteiger partial charge on any atom is 0.319 e. The highest BCUT2D eigenvalue weighted by Gasteiger charge is 2.51. The van der Waals surface area contributed by atoms with Crippen LogP contribution < -0.4 is 19.9 Å². The minimum absolute atomic E-state index is 0.0253. The number of anilines is 2. The quantitative estimate of drug-likeness (QED) is 0.0802. The van der Waals surface area contributed by atoms with Crippen molar-refractivity contribution in [2.24, 2.45) is 16.7 Å². The fourth-order valence-electron chi connectivity index (χ4n) is 14.3. The van der Waals surface area contributed by atoms with Crippen molar-refractivity contribution in [3.05, 3.63) is 102 Å². The number of amides is 2. The van der Waals surface area contributed by atoms with Gasteiger partial charge in [-0.15, -0.1) is 0 Å². The lowest BCUT2D eigenvalue weighted by Crippen LogP contribution is -2.56. The number of aryl methyl sites for hydroxylation is 1. The number of halogens is 2. The SMILES string of the molecule is C=CNC(=O)C(CCC)N1C(=O)c2cccc3c(C4CCN(C5CC6(CCN(CC7(COc8nc(N9CCCC(CCO)C9)c9cnc(-c%10cc(O)cc%11ccc(F)c(CC)c%10%11)c(F)c9n8)CC7)CC6)C5)CC4)ccc1c23. The minimum atomic E-state index is -0.681. The second-order valence-corrected chi connectivity index (χ2v) is 23.5. The van der Waals surface area contributed by atoms with Crippen LogP contribution in [0.15, 0.2) is 73.6 Å². The number of hydrogen-bond donors (Lipinski definition) is 3. The van der Waals surface area contributed by atoms with Gasteiger partial charge in [0.25, 0.3) is 5.91 Å². The van der Waals surface area contributed by atoms with Crippen molar-refractivity contribution >= 4 is 55.8 Å². The maximum absolute atomic E-state index is 17.3. The summed E-state index contributed by atoms with van der Waals surface area (Å²) in [6.45, 7) is 14.7. The molecule has 2 unspecified atom stereocenters. The monoisotopic (exact) mass is 1050 g/mol. The van der Waals surface area contributed by atoms with E-state index in [0.29, 0.717) is 95.0 Å². The normalized spacial score (nSPS) is 21.1. The third-order valence-corrected chi connectivity index (χ3v) is 18.7. The molecule has 77 heavy (non-hydrogen) atoms. The first-order valence-electron chi connectivity index (χ1n) is 28.5. The molecule has 6 aromatic rings. The number of hydrogen-bond acceptors (Lipinski definition) is 11. The lowest BCUT2D eigenvalue weighted by molar-refractivity contribution is -0.121. The Balaban J connectivity index is 0.691. The largest absolute Gasteiger partial charge is 0.508 e. The molecule has 6 heterocycles. The number of aromatic hydroxyl groups is 1. The van der Waals surface area contributed by atoms with Gasteiger partial charge in [0.2, 0.25) is 5.91 Å². The zero-order chi connectivity index (χ0) is 53.2. The Labute approximate surface area is 449 Å². The zero-order valence-electron chi connectivity index (χ0n) is 44.6. The summed E-state index contributed by atoms with van der Waals surface area (Å²) in [5.41, 5.74) is 3.95. The number of piperidine rings is 3. The van der Waals surface area contributed by atoms with Crippen molar-refractivity contribution in [3.8, 4) is 23.0 Å². The number of fused-ring (bicyclic) bond motifs is 2. The zero-order valence-corrected chi connectivity index (χ0v) is 44.6. The summed E-state index contributed by atoms with van der Waals surface area (Å²) < 4.78 is 39.1. The smallest absolute Gasteiger partial charge is 0.319 e.